The van der Waals surface area contributed by atoms with Crippen molar-refractivity contribution in [2.24, 2.45) is 0 Å². The molecule has 0 bridgehead atoms. The van der Waals surface area contributed by atoms with Gasteiger partial charge in [0.05, 0.1) is 26.2 Å². The number of halogens is 1. The summed E-state index contributed by atoms with van der Waals surface area (Å²) in [5.41, 5.74) is 0.743. The average molecular weight is 564 g/mol. The number of carbonyl (C=O) groups excluding carboxylic acids is 2. The third-order valence-corrected chi connectivity index (χ3v) is 8.06. The van der Waals surface area contributed by atoms with E-state index in [0.717, 1.165) is 42.7 Å². The summed E-state index contributed by atoms with van der Waals surface area (Å²) in [7, 11) is -1.11. The molecule has 0 aliphatic heterocycles. The van der Waals surface area contributed by atoms with E-state index in [0.29, 0.717) is 17.7 Å². The average Bonchev–Trinajstić information content (AvgIpc) is 2.92. The number of amides is 2. The van der Waals surface area contributed by atoms with Gasteiger partial charge in [0.2, 0.25) is 21.8 Å². The maximum Gasteiger partial charge on any atom is 0.244 e. The van der Waals surface area contributed by atoms with Crippen LogP contribution in [-0.2, 0) is 26.2 Å². The van der Waals surface area contributed by atoms with Crippen molar-refractivity contribution >= 4 is 27.5 Å². The van der Waals surface area contributed by atoms with Gasteiger partial charge in [-0.3, -0.25) is 13.9 Å². The Bertz CT molecular complexity index is 1230. The number of rotatable bonds is 12. The summed E-state index contributed by atoms with van der Waals surface area (Å²) in [6.45, 7) is 1.23. The van der Waals surface area contributed by atoms with Gasteiger partial charge >= 0.3 is 0 Å². The van der Waals surface area contributed by atoms with Crippen molar-refractivity contribution in [3.63, 3.8) is 0 Å². The molecule has 214 valence electrons. The molecule has 1 fully saturated rings. The number of nitrogens with zero attached hydrogens (tertiary/aromatic N) is 2. The molecule has 39 heavy (non-hydrogen) atoms. The van der Waals surface area contributed by atoms with E-state index in [1.54, 1.807) is 31.2 Å². The van der Waals surface area contributed by atoms with Gasteiger partial charge in [-0.15, -0.1) is 0 Å². The molecule has 1 aliphatic carbocycles. The van der Waals surface area contributed by atoms with Crippen molar-refractivity contribution in [3.8, 4) is 11.5 Å². The van der Waals surface area contributed by atoms with Crippen LogP contribution in [0.4, 0.5) is 10.1 Å². The summed E-state index contributed by atoms with van der Waals surface area (Å²) in [5.74, 6) is -0.674. The van der Waals surface area contributed by atoms with Gasteiger partial charge < -0.3 is 19.7 Å². The highest BCUT2D eigenvalue weighted by Gasteiger charge is 2.33. The van der Waals surface area contributed by atoms with Crippen LogP contribution in [0.2, 0.25) is 0 Å². The molecule has 1 aliphatic rings. The molecule has 0 radical (unpaired) electrons. The number of ether oxygens (including phenoxy) is 2. The quantitative estimate of drug-likeness (QED) is 0.421. The third kappa shape index (κ3) is 8.08. The lowest BCUT2D eigenvalue weighted by Crippen LogP contribution is -2.54. The second-order valence-corrected chi connectivity index (χ2v) is 11.6. The maximum atomic E-state index is 13.9. The summed E-state index contributed by atoms with van der Waals surface area (Å²) >= 11 is 0. The summed E-state index contributed by atoms with van der Waals surface area (Å²) in [4.78, 5) is 28.7. The fourth-order valence-corrected chi connectivity index (χ4v) is 5.68. The first kappa shape index (κ1) is 30.2. The van der Waals surface area contributed by atoms with Crippen molar-refractivity contribution < 1.29 is 31.9 Å². The Morgan fingerprint density at radius 1 is 1.05 bits per heavy atom. The molecule has 0 saturated heterocycles. The minimum Gasteiger partial charge on any atom is -0.497 e. The van der Waals surface area contributed by atoms with E-state index >= 15 is 0 Å². The van der Waals surface area contributed by atoms with Gasteiger partial charge in [-0.1, -0.05) is 38.3 Å². The summed E-state index contributed by atoms with van der Waals surface area (Å²) in [5, 5.41) is 3.09. The predicted molar refractivity (Wildman–Crippen MR) is 148 cm³/mol. The number of hydrogen-bond donors (Lipinski definition) is 1. The third-order valence-electron chi connectivity index (χ3n) is 6.94. The number of methoxy groups -OCH3 is 2. The molecule has 2 amide bonds. The predicted octanol–water partition coefficient (Wildman–Crippen LogP) is 3.87. The summed E-state index contributed by atoms with van der Waals surface area (Å²) < 4.78 is 51.0. The topological polar surface area (TPSA) is 105 Å². The van der Waals surface area contributed by atoms with Gasteiger partial charge in [0.15, 0.2) is 0 Å². The van der Waals surface area contributed by atoms with Crippen LogP contribution < -0.4 is 19.1 Å². The van der Waals surface area contributed by atoms with E-state index in [4.69, 9.17) is 9.47 Å². The summed E-state index contributed by atoms with van der Waals surface area (Å²) in [6.07, 6.45) is 6.27. The van der Waals surface area contributed by atoms with Crippen molar-refractivity contribution in [3.05, 3.63) is 53.8 Å². The van der Waals surface area contributed by atoms with Crippen molar-refractivity contribution in [1.29, 1.82) is 0 Å². The number of nitrogens with one attached hydrogen (secondary N) is 1. The Morgan fingerprint density at radius 3 is 2.28 bits per heavy atom. The highest BCUT2D eigenvalue weighted by Crippen LogP contribution is 2.34. The Balaban J connectivity index is 1.97. The lowest BCUT2D eigenvalue weighted by atomic mass is 9.95. The van der Waals surface area contributed by atoms with Gasteiger partial charge in [-0.05, 0) is 49.1 Å². The Labute approximate surface area is 230 Å². The maximum absolute atomic E-state index is 13.9. The van der Waals surface area contributed by atoms with Crippen LogP contribution in [0.3, 0.4) is 0 Å². The molecule has 9 nitrogen and oxygen atoms in total. The van der Waals surface area contributed by atoms with Gasteiger partial charge in [-0.25, -0.2) is 12.8 Å². The SMILES string of the molecule is CC[C@H](C(=O)NC1CCCCC1)N(Cc1ccc(F)cc1)C(=O)CN(c1cc(OC)ccc1OC)S(C)(=O)=O. The number of sulfonamides is 1. The Hall–Kier alpha value is -3.34. The van der Waals surface area contributed by atoms with Crippen molar-refractivity contribution in [1.82, 2.24) is 10.2 Å². The Morgan fingerprint density at radius 2 is 1.72 bits per heavy atom. The van der Waals surface area contributed by atoms with Gasteiger partial charge in [0.1, 0.15) is 29.9 Å². The molecular formula is C28H38FN3O6S. The molecule has 1 atom stereocenters. The van der Waals surface area contributed by atoms with Crippen LogP contribution in [0.15, 0.2) is 42.5 Å². The van der Waals surface area contributed by atoms with Crippen LogP contribution in [0.5, 0.6) is 11.5 Å². The molecule has 2 aromatic rings. The zero-order valence-electron chi connectivity index (χ0n) is 23.0. The molecule has 11 heteroatoms. The molecular weight excluding hydrogens is 525 g/mol. The second kappa shape index (κ2) is 13.6. The first-order chi connectivity index (χ1) is 18.6. The highest BCUT2D eigenvalue weighted by molar-refractivity contribution is 7.92. The molecule has 0 aromatic heterocycles. The molecule has 0 heterocycles. The monoisotopic (exact) mass is 563 g/mol. The normalized spacial score (nSPS) is 14.8. The second-order valence-electron chi connectivity index (χ2n) is 9.72. The van der Waals surface area contributed by atoms with Gasteiger partial charge in [0.25, 0.3) is 0 Å². The lowest BCUT2D eigenvalue weighted by molar-refractivity contribution is -0.140. The fourth-order valence-electron chi connectivity index (χ4n) is 4.84. The van der Waals surface area contributed by atoms with Crippen LogP contribution in [0, 0.1) is 5.82 Å². The zero-order valence-corrected chi connectivity index (χ0v) is 23.8. The number of anilines is 1. The van der Waals surface area contributed by atoms with Crippen LogP contribution in [0.1, 0.15) is 51.0 Å². The minimum atomic E-state index is -3.96. The Kier molecular flexibility index (Phi) is 10.6. The van der Waals surface area contributed by atoms with Crippen molar-refractivity contribution in [2.75, 3.05) is 31.3 Å². The summed E-state index contributed by atoms with van der Waals surface area (Å²) in [6, 6.07) is 9.49. The van der Waals surface area contributed by atoms with Gasteiger partial charge in [0, 0.05) is 18.7 Å². The molecule has 1 N–H and O–H groups in total. The molecule has 1 saturated carbocycles. The molecule has 2 aromatic carbocycles. The smallest absolute Gasteiger partial charge is 0.244 e. The number of benzene rings is 2. The minimum absolute atomic E-state index is 0.00253. The van der Waals surface area contributed by atoms with E-state index < -0.39 is 34.3 Å². The van der Waals surface area contributed by atoms with E-state index in [1.807, 2.05) is 0 Å². The van der Waals surface area contributed by atoms with Crippen LogP contribution >= 0.6 is 0 Å². The van der Waals surface area contributed by atoms with Gasteiger partial charge in [-0.2, -0.15) is 0 Å². The van der Waals surface area contributed by atoms with E-state index in [2.05, 4.69) is 5.32 Å². The number of hydrogen-bond acceptors (Lipinski definition) is 6. The van der Waals surface area contributed by atoms with Crippen molar-refractivity contribution in [2.45, 2.75) is 64.1 Å². The fraction of sp³-hybridized carbons (Fsp3) is 0.500. The van der Waals surface area contributed by atoms with E-state index in [9.17, 15) is 22.4 Å². The van der Waals surface area contributed by atoms with Crippen LogP contribution in [0.25, 0.3) is 0 Å². The largest absolute Gasteiger partial charge is 0.497 e. The molecule has 0 spiro atoms. The van der Waals surface area contributed by atoms with E-state index in [-0.39, 0.29) is 29.9 Å². The standard InChI is InChI=1S/C28H38FN3O6S/c1-5-24(28(34)30-22-9-7-6-8-10-22)31(18-20-11-13-21(29)14-12-20)27(33)19-32(39(4,35)36)25-17-23(37-2)15-16-26(25)38-3/h11-17,22,24H,5-10,18-19H2,1-4H3,(H,30,34)/t24-/m1/s1. The van der Waals surface area contributed by atoms with E-state index in [1.165, 1.54) is 37.3 Å². The highest BCUT2D eigenvalue weighted by atomic mass is 32.2. The first-order valence-electron chi connectivity index (χ1n) is 13.1. The lowest BCUT2D eigenvalue weighted by Gasteiger charge is -2.34. The molecule has 3 rings (SSSR count). The van der Waals surface area contributed by atoms with Crippen LogP contribution in [-0.4, -0.2) is 64.2 Å². The molecule has 0 unspecified atom stereocenters. The first-order valence-corrected chi connectivity index (χ1v) is 15.0. The zero-order chi connectivity index (χ0) is 28.6. The number of carbonyl (C=O) groups is 2.